The molecule has 19 heavy (non-hydrogen) atoms. The maximum atomic E-state index is 4.62. The first-order valence-electron chi connectivity index (χ1n) is 7.77. The van der Waals surface area contributed by atoms with Crippen molar-refractivity contribution in [3.63, 3.8) is 0 Å². The quantitative estimate of drug-likeness (QED) is 0.886. The van der Waals surface area contributed by atoms with E-state index in [1.165, 1.54) is 45.2 Å². The van der Waals surface area contributed by atoms with Crippen molar-refractivity contribution in [3.05, 3.63) is 11.9 Å². The average Bonchev–Trinajstić information content (AvgIpc) is 3.21. The van der Waals surface area contributed by atoms with Crippen LogP contribution >= 0.6 is 0 Å². The maximum Gasteiger partial charge on any atom is 0.203 e. The molecule has 4 heteroatoms. The standard InChI is InChI=1S/C15H26N4/c1-12-11-19(14-6-7-14)15(17-12)16-10-13(2)18-8-4-3-5-9-18/h11,13-14H,3-10H2,1-2H3,(H,16,17). The van der Waals surface area contributed by atoms with Gasteiger partial charge in [0, 0.05) is 24.8 Å². The van der Waals surface area contributed by atoms with Gasteiger partial charge in [-0.15, -0.1) is 0 Å². The number of aromatic nitrogens is 2. The summed E-state index contributed by atoms with van der Waals surface area (Å²) in [4.78, 5) is 7.23. The van der Waals surface area contributed by atoms with Crippen LogP contribution in [0.15, 0.2) is 6.20 Å². The van der Waals surface area contributed by atoms with Crippen molar-refractivity contribution in [1.29, 1.82) is 0 Å². The Balaban J connectivity index is 1.56. The number of piperidine rings is 1. The molecule has 2 fully saturated rings. The average molecular weight is 262 g/mol. The molecular formula is C15H26N4. The molecule has 1 atom stereocenters. The molecule has 0 radical (unpaired) electrons. The van der Waals surface area contributed by atoms with E-state index in [1.54, 1.807) is 0 Å². The molecule has 0 amide bonds. The SMILES string of the molecule is Cc1cn(C2CC2)c(NCC(C)N2CCCCC2)n1. The predicted octanol–water partition coefficient (Wildman–Crippen LogP) is 2.81. The number of aryl methyl sites for hydroxylation is 1. The van der Waals surface area contributed by atoms with Crippen molar-refractivity contribution in [3.8, 4) is 0 Å². The highest BCUT2D eigenvalue weighted by Gasteiger charge is 2.26. The van der Waals surface area contributed by atoms with Crippen molar-refractivity contribution in [1.82, 2.24) is 14.5 Å². The summed E-state index contributed by atoms with van der Waals surface area (Å²) in [7, 11) is 0. The van der Waals surface area contributed by atoms with Crippen molar-refractivity contribution in [2.24, 2.45) is 0 Å². The number of nitrogens with zero attached hydrogens (tertiary/aromatic N) is 3. The fourth-order valence-corrected chi connectivity index (χ4v) is 3.01. The Morgan fingerprint density at radius 1 is 1.32 bits per heavy atom. The predicted molar refractivity (Wildman–Crippen MR) is 78.6 cm³/mol. The zero-order valence-electron chi connectivity index (χ0n) is 12.2. The summed E-state index contributed by atoms with van der Waals surface area (Å²) in [6.45, 7) is 7.94. The molecule has 2 aliphatic rings. The summed E-state index contributed by atoms with van der Waals surface area (Å²) >= 11 is 0. The van der Waals surface area contributed by atoms with Gasteiger partial charge in [0.05, 0.1) is 5.69 Å². The Morgan fingerprint density at radius 3 is 2.74 bits per heavy atom. The van der Waals surface area contributed by atoms with E-state index in [0.717, 1.165) is 18.2 Å². The molecule has 1 aromatic rings. The van der Waals surface area contributed by atoms with E-state index < -0.39 is 0 Å². The summed E-state index contributed by atoms with van der Waals surface area (Å²) in [5.41, 5.74) is 1.13. The van der Waals surface area contributed by atoms with Gasteiger partial charge in [0.1, 0.15) is 0 Å². The van der Waals surface area contributed by atoms with Gasteiger partial charge < -0.3 is 9.88 Å². The third-order valence-corrected chi connectivity index (χ3v) is 4.36. The van der Waals surface area contributed by atoms with Gasteiger partial charge in [0.25, 0.3) is 0 Å². The fourth-order valence-electron chi connectivity index (χ4n) is 3.01. The highest BCUT2D eigenvalue weighted by molar-refractivity contribution is 5.30. The molecule has 0 aromatic carbocycles. The van der Waals surface area contributed by atoms with Gasteiger partial charge in [-0.25, -0.2) is 4.98 Å². The van der Waals surface area contributed by atoms with Crippen LogP contribution < -0.4 is 5.32 Å². The van der Waals surface area contributed by atoms with Crippen LogP contribution in [-0.2, 0) is 0 Å². The monoisotopic (exact) mass is 262 g/mol. The first kappa shape index (κ1) is 13.0. The second kappa shape index (κ2) is 5.53. The number of likely N-dealkylation sites (tertiary alicyclic amines) is 1. The molecule has 3 rings (SSSR count). The molecule has 1 saturated heterocycles. The van der Waals surface area contributed by atoms with E-state index in [2.05, 4.69) is 39.8 Å². The number of nitrogens with one attached hydrogen (secondary N) is 1. The van der Waals surface area contributed by atoms with Gasteiger partial charge in [-0.05, 0) is 52.6 Å². The molecule has 106 valence electrons. The van der Waals surface area contributed by atoms with Crippen molar-refractivity contribution in [2.75, 3.05) is 25.0 Å². The maximum absolute atomic E-state index is 4.62. The third kappa shape index (κ3) is 3.11. The smallest absolute Gasteiger partial charge is 0.203 e. The van der Waals surface area contributed by atoms with Crippen LogP contribution in [0.1, 0.15) is 50.8 Å². The lowest BCUT2D eigenvalue weighted by atomic mass is 10.1. The Kier molecular flexibility index (Phi) is 3.78. The van der Waals surface area contributed by atoms with Crippen LogP contribution in [0.25, 0.3) is 0 Å². The summed E-state index contributed by atoms with van der Waals surface area (Å²) in [6.07, 6.45) is 8.94. The largest absolute Gasteiger partial charge is 0.354 e. The molecular weight excluding hydrogens is 236 g/mol. The van der Waals surface area contributed by atoms with E-state index in [9.17, 15) is 0 Å². The van der Waals surface area contributed by atoms with Crippen LogP contribution in [-0.4, -0.2) is 40.1 Å². The van der Waals surface area contributed by atoms with Crippen molar-refractivity contribution >= 4 is 5.95 Å². The molecule has 1 unspecified atom stereocenters. The van der Waals surface area contributed by atoms with E-state index in [0.29, 0.717) is 12.1 Å². The molecule has 2 heterocycles. The Morgan fingerprint density at radius 2 is 2.05 bits per heavy atom. The van der Waals surface area contributed by atoms with Gasteiger partial charge in [0.2, 0.25) is 5.95 Å². The van der Waals surface area contributed by atoms with Gasteiger partial charge in [0.15, 0.2) is 0 Å². The summed E-state index contributed by atoms with van der Waals surface area (Å²) in [6, 6.07) is 1.30. The van der Waals surface area contributed by atoms with E-state index >= 15 is 0 Å². The summed E-state index contributed by atoms with van der Waals surface area (Å²) in [5, 5.41) is 3.56. The van der Waals surface area contributed by atoms with Crippen LogP contribution in [0.3, 0.4) is 0 Å². The lowest BCUT2D eigenvalue weighted by molar-refractivity contribution is 0.180. The summed E-state index contributed by atoms with van der Waals surface area (Å²) in [5.74, 6) is 1.07. The molecule has 1 aliphatic carbocycles. The number of anilines is 1. The van der Waals surface area contributed by atoms with Gasteiger partial charge in [-0.2, -0.15) is 0 Å². The lowest BCUT2D eigenvalue weighted by Crippen LogP contribution is -2.41. The molecule has 0 bridgehead atoms. The zero-order chi connectivity index (χ0) is 13.2. The minimum Gasteiger partial charge on any atom is -0.354 e. The topological polar surface area (TPSA) is 33.1 Å². The second-order valence-electron chi connectivity index (χ2n) is 6.17. The number of hydrogen-bond donors (Lipinski definition) is 1. The van der Waals surface area contributed by atoms with Crippen LogP contribution in [0.5, 0.6) is 0 Å². The lowest BCUT2D eigenvalue weighted by Gasteiger charge is -2.32. The minimum absolute atomic E-state index is 0.602. The van der Waals surface area contributed by atoms with Crippen molar-refractivity contribution in [2.45, 2.75) is 58.0 Å². The second-order valence-corrected chi connectivity index (χ2v) is 6.17. The first-order chi connectivity index (χ1) is 9.24. The highest BCUT2D eigenvalue weighted by atomic mass is 15.3. The van der Waals surface area contributed by atoms with E-state index in [1.807, 2.05) is 0 Å². The number of hydrogen-bond acceptors (Lipinski definition) is 3. The van der Waals surface area contributed by atoms with Gasteiger partial charge in [-0.3, -0.25) is 4.90 Å². The third-order valence-electron chi connectivity index (χ3n) is 4.36. The van der Waals surface area contributed by atoms with Crippen LogP contribution in [0.4, 0.5) is 5.95 Å². The molecule has 0 spiro atoms. The zero-order valence-corrected chi connectivity index (χ0v) is 12.2. The molecule has 1 saturated carbocycles. The van der Waals surface area contributed by atoms with Crippen LogP contribution in [0, 0.1) is 6.92 Å². The van der Waals surface area contributed by atoms with E-state index in [4.69, 9.17) is 0 Å². The van der Waals surface area contributed by atoms with Crippen molar-refractivity contribution < 1.29 is 0 Å². The van der Waals surface area contributed by atoms with Gasteiger partial charge in [-0.1, -0.05) is 6.42 Å². The molecule has 1 aliphatic heterocycles. The van der Waals surface area contributed by atoms with Crippen LogP contribution in [0.2, 0.25) is 0 Å². The first-order valence-corrected chi connectivity index (χ1v) is 7.77. The van der Waals surface area contributed by atoms with E-state index in [-0.39, 0.29) is 0 Å². The minimum atomic E-state index is 0.602. The molecule has 1 aromatic heterocycles. The van der Waals surface area contributed by atoms with Gasteiger partial charge >= 0.3 is 0 Å². The number of rotatable bonds is 5. The highest BCUT2D eigenvalue weighted by Crippen LogP contribution is 2.37. The Bertz CT molecular complexity index is 416. The fraction of sp³-hybridized carbons (Fsp3) is 0.800. The number of imidazole rings is 1. The molecule has 4 nitrogen and oxygen atoms in total. The molecule has 1 N–H and O–H groups in total. The summed E-state index contributed by atoms with van der Waals surface area (Å²) < 4.78 is 2.33. The Labute approximate surface area is 116 Å². The Hall–Kier alpha value is -1.03. The normalized spacial score (nSPS) is 22.4.